The molecule has 1 saturated carbocycles. The van der Waals surface area contributed by atoms with Crippen LogP contribution in [0.3, 0.4) is 0 Å². The van der Waals surface area contributed by atoms with Gasteiger partial charge >= 0.3 is 0 Å². The zero-order valence-corrected chi connectivity index (χ0v) is 12.9. The van der Waals surface area contributed by atoms with Crippen LogP contribution in [0.15, 0.2) is 18.2 Å². The van der Waals surface area contributed by atoms with Crippen LogP contribution in [-0.4, -0.2) is 24.0 Å². The molecule has 0 amide bonds. The van der Waals surface area contributed by atoms with Gasteiger partial charge in [-0.05, 0) is 64.1 Å². The molecule has 2 heteroatoms. The Morgan fingerprint density at radius 3 is 2.35 bits per heavy atom. The van der Waals surface area contributed by atoms with Crippen molar-refractivity contribution in [2.75, 3.05) is 13.1 Å². The van der Waals surface area contributed by atoms with Crippen molar-refractivity contribution < 1.29 is 0 Å². The van der Waals surface area contributed by atoms with Crippen molar-refractivity contribution in [2.45, 2.75) is 58.0 Å². The summed E-state index contributed by atoms with van der Waals surface area (Å²) in [6.45, 7) is 6.51. The minimum Gasteiger partial charge on any atom is -0.330 e. The molecule has 1 aromatic rings. The van der Waals surface area contributed by atoms with Crippen LogP contribution in [0, 0.1) is 19.8 Å². The number of rotatable bonds is 3. The second kappa shape index (κ2) is 5.87. The van der Waals surface area contributed by atoms with E-state index in [1.807, 2.05) is 0 Å². The van der Waals surface area contributed by atoms with Gasteiger partial charge in [0.25, 0.3) is 0 Å². The van der Waals surface area contributed by atoms with Gasteiger partial charge in [-0.1, -0.05) is 35.7 Å². The fraction of sp³-hybridized carbons (Fsp3) is 0.667. The third-order valence-corrected chi connectivity index (χ3v) is 4.95. The van der Waals surface area contributed by atoms with Crippen molar-refractivity contribution >= 4 is 0 Å². The van der Waals surface area contributed by atoms with E-state index < -0.39 is 0 Å². The van der Waals surface area contributed by atoms with Crippen molar-refractivity contribution in [1.82, 2.24) is 4.90 Å². The van der Waals surface area contributed by atoms with Crippen molar-refractivity contribution in [3.05, 3.63) is 34.9 Å². The van der Waals surface area contributed by atoms with Gasteiger partial charge in [0.1, 0.15) is 0 Å². The fourth-order valence-corrected chi connectivity index (χ4v) is 3.98. The zero-order chi connectivity index (χ0) is 14.1. The Kier molecular flexibility index (Phi) is 4.13. The number of benzene rings is 1. The summed E-state index contributed by atoms with van der Waals surface area (Å²) in [4.78, 5) is 2.78. The Hall–Kier alpha value is -0.860. The van der Waals surface area contributed by atoms with E-state index in [1.165, 1.54) is 55.3 Å². The SMILES string of the molecule is Cc1cc(C)cc(C2C(CN)CCCCN2C2CC2)c1. The highest BCUT2D eigenvalue weighted by atomic mass is 15.2. The van der Waals surface area contributed by atoms with Gasteiger partial charge in [-0.3, -0.25) is 4.90 Å². The second-order valence-electron chi connectivity index (χ2n) is 6.83. The average Bonchev–Trinajstić information content (AvgIpc) is 3.23. The summed E-state index contributed by atoms with van der Waals surface area (Å²) in [5.74, 6) is 0.624. The fourth-order valence-electron chi connectivity index (χ4n) is 3.98. The predicted molar refractivity (Wildman–Crippen MR) is 84.8 cm³/mol. The van der Waals surface area contributed by atoms with Gasteiger partial charge in [-0.25, -0.2) is 0 Å². The van der Waals surface area contributed by atoms with Crippen LogP contribution in [-0.2, 0) is 0 Å². The van der Waals surface area contributed by atoms with Crippen molar-refractivity contribution in [3.8, 4) is 0 Å². The Balaban J connectivity index is 1.97. The van der Waals surface area contributed by atoms with E-state index in [9.17, 15) is 0 Å². The summed E-state index contributed by atoms with van der Waals surface area (Å²) in [6, 6.07) is 8.43. The summed E-state index contributed by atoms with van der Waals surface area (Å²) >= 11 is 0. The molecule has 1 saturated heterocycles. The Bertz CT molecular complexity index is 444. The summed E-state index contributed by atoms with van der Waals surface area (Å²) < 4.78 is 0. The van der Waals surface area contributed by atoms with E-state index in [0.717, 1.165) is 12.6 Å². The molecule has 2 nitrogen and oxygen atoms in total. The van der Waals surface area contributed by atoms with E-state index >= 15 is 0 Å². The maximum atomic E-state index is 6.13. The maximum Gasteiger partial charge on any atom is 0.0391 e. The smallest absolute Gasteiger partial charge is 0.0391 e. The first kappa shape index (κ1) is 14.1. The molecule has 0 bridgehead atoms. The number of nitrogens with zero attached hydrogens (tertiary/aromatic N) is 1. The molecule has 2 atom stereocenters. The highest BCUT2D eigenvalue weighted by Gasteiger charge is 2.38. The topological polar surface area (TPSA) is 29.3 Å². The largest absolute Gasteiger partial charge is 0.330 e. The number of aryl methyl sites for hydroxylation is 2. The molecule has 0 radical (unpaired) electrons. The van der Waals surface area contributed by atoms with E-state index in [2.05, 4.69) is 36.9 Å². The van der Waals surface area contributed by atoms with Gasteiger partial charge in [0, 0.05) is 12.1 Å². The molecule has 2 fully saturated rings. The van der Waals surface area contributed by atoms with Crippen molar-refractivity contribution in [3.63, 3.8) is 0 Å². The van der Waals surface area contributed by atoms with Crippen LogP contribution < -0.4 is 5.73 Å². The highest BCUT2D eigenvalue weighted by molar-refractivity contribution is 5.31. The Morgan fingerprint density at radius 1 is 1.05 bits per heavy atom. The third kappa shape index (κ3) is 2.91. The lowest BCUT2D eigenvalue weighted by molar-refractivity contribution is 0.149. The molecule has 2 aliphatic rings. The molecule has 1 aliphatic heterocycles. The van der Waals surface area contributed by atoms with Gasteiger partial charge in [0.05, 0.1) is 0 Å². The van der Waals surface area contributed by atoms with Crippen LogP contribution in [0.5, 0.6) is 0 Å². The van der Waals surface area contributed by atoms with Crippen LogP contribution in [0.4, 0.5) is 0 Å². The van der Waals surface area contributed by atoms with Crippen LogP contribution in [0.2, 0.25) is 0 Å². The van der Waals surface area contributed by atoms with Gasteiger partial charge in [0.15, 0.2) is 0 Å². The van der Waals surface area contributed by atoms with Crippen LogP contribution in [0.1, 0.15) is 54.8 Å². The molecule has 20 heavy (non-hydrogen) atoms. The van der Waals surface area contributed by atoms with Gasteiger partial charge in [-0.2, -0.15) is 0 Å². The molecule has 1 heterocycles. The summed E-state index contributed by atoms with van der Waals surface area (Å²) in [5, 5.41) is 0. The molecule has 2 unspecified atom stereocenters. The predicted octanol–water partition coefficient (Wildman–Crippen LogP) is 3.57. The quantitative estimate of drug-likeness (QED) is 0.911. The van der Waals surface area contributed by atoms with Crippen LogP contribution in [0.25, 0.3) is 0 Å². The minimum atomic E-state index is 0.550. The second-order valence-corrected chi connectivity index (χ2v) is 6.83. The standard InChI is InChI=1S/C18H28N2/c1-13-9-14(2)11-16(10-13)18-15(12-19)5-3-4-8-20(18)17-6-7-17/h9-11,15,17-18H,3-8,12,19H2,1-2H3. The number of likely N-dealkylation sites (tertiary alicyclic amines) is 1. The molecule has 2 N–H and O–H groups in total. The lowest BCUT2D eigenvalue weighted by Gasteiger charge is -2.35. The third-order valence-electron chi connectivity index (χ3n) is 4.95. The van der Waals surface area contributed by atoms with E-state index in [1.54, 1.807) is 0 Å². The molecule has 3 rings (SSSR count). The Morgan fingerprint density at radius 2 is 1.75 bits per heavy atom. The van der Waals surface area contributed by atoms with Crippen LogP contribution >= 0.6 is 0 Å². The number of nitrogens with two attached hydrogens (primary N) is 1. The minimum absolute atomic E-state index is 0.550. The van der Waals surface area contributed by atoms with Gasteiger partial charge in [0.2, 0.25) is 0 Å². The molecular formula is C18H28N2. The zero-order valence-electron chi connectivity index (χ0n) is 12.9. The van der Waals surface area contributed by atoms with Gasteiger partial charge < -0.3 is 5.73 Å². The molecule has 0 aromatic heterocycles. The monoisotopic (exact) mass is 272 g/mol. The maximum absolute atomic E-state index is 6.13. The van der Waals surface area contributed by atoms with Crippen molar-refractivity contribution in [2.24, 2.45) is 11.7 Å². The Labute approximate surface area is 123 Å². The lowest BCUT2D eigenvalue weighted by atomic mass is 9.87. The summed E-state index contributed by atoms with van der Waals surface area (Å²) in [6.07, 6.45) is 6.75. The first-order valence-corrected chi connectivity index (χ1v) is 8.23. The van der Waals surface area contributed by atoms with E-state index in [4.69, 9.17) is 5.73 Å². The van der Waals surface area contributed by atoms with Gasteiger partial charge in [-0.15, -0.1) is 0 Å². The molecule has 110 valence electrons. The first-order chi connectivity index (χ1) is 9.69. The average molecular weight is 272 g/mol. The molecule has 1 aromatic carbocycles. The first-order valence-electron chi connectivity index (χ1n) is 8.23. The number of hydrogen-bond donors (Lipinski definition) is 1. The number of hydrogen-bond acceptors (Lipinski definition) is 2. The summed E-state index contributed by atoms with van der Waals surface area (Å²) in [7, 11) is 0. The van der Waals surface area contributed by atoms with E-state index in [-0.39, 0.29) is 0 Å². The molecule has 0 spiro atoms. The van der Waals surface area contributed by atoms with Crippen molar-refractivity contribution in [1.29, 1.82) is 0 Å². The van der Waals surface area contributed by atoms with E-state index in [0.29, 0.717) is 12.0 Å². The summed E-state index contributed by atoms with van der Waals surface area (Å²) in [5.41, 5.74) is 10.4. The highest BCUT2D eigenvalue weighted by Crippen LogP contribution is 2.42. The lowest BCUT2D eigenvalue weighted by Crippen LogP contribution is -2.37. The normalized spacial score (nSPS) is 28.4. The molecular weight excluding hydrogens is 244 g/mol. The molecule has 1 aliphatic carbocycles.